The van der Waals surface area contributed by atoms with E-state index in [2.05, 4.69) is 12.1 Å². The molecule has 1 aromatic carbocycles. The number of carbonyl (C=O) groups excluding carboxylic acids is 2. The van der Waals surface area contributed by atoms with Crippen molar-refractivity contribution in [1.82, 2.24) is 9.80 Å². The Morgan fingerprint density at radius 3 is 2.28 bits per heavy atom. The van der Waals surface area contributed by atoms with E-state index in [-0.39, 0.29) is 11.8 Å². The summed E-state index contributed by atoms with van der Waals surface area (Å²) in [5.74, 6) is 0.359. The standard InChI is InChI=1S/C20H24N2O2S/c23-19(10-9-17-6-2-1-3-7-17)21-11-5-12-22(14-13-21)20(24)16-18-8-4-15-25-18/h1-4,6-8,15H,5,9-14,16H2. The van der Waals surface area contributed by atoms with E-state index in [0.29, 0.717) is 25.9 Å². The zero-order valence-electron chi connectivity index (χ0n) is 14.4. The summed E-state index contributed by atoms with van der Waals surface area (Å²) in [4.78, 5) is 29.8. The Morgan fingerprint density at radius 1 is 0.880 bits per heavy atom. The van der Waals surface area contributed by atoms with Gasteiger partial charge in [-0.1, -0.05) is 36.4 Å². The number of hydrogen-bond acceptors (Lipinski definition) is 3. The monoisotopic (exact) mass is 356 g/mol. The topological polar surface area (TPSA) is 40.6 Å². The molecule has 1 aliphatic heterocycles. The molecular weight excluding hydrogens is 332 g/mol. The van der Waals surface area contributed by atoms with Crippen LogP contribution in [0.1, 0.15) is 23.3 Å². The molecule has 1 saturated heterocycles. The highest BCUT2D eigenvalue weighted by Crippen LogP contribution is 2.13. The fraction of sp³-hybridized carbons (Fsp3) is 0.400. The summed E-state index contributed by atoms with van der Waals surface area (Å²) >= 11 is 1.62. The summed E-state index contributed by atoms with van der Waals surface area (Å²) in [6.07, 6.45) is 2.64. The van der Waals surface area contributed by atoms with Gasteiger partial charge in [-0.3, -0.25) is 9.59 Å². The molecule has 1 aliphatic rings. The molecule has 3 rings (SSSR count). The van der Waals surface area contributed by atoms with Crippen LogP contribution in [0.4, 0.5) is 0 Å². The Hall–Kier alpha value is -2.14. The summed E-state index contributed by atoms with van der Waals surface area (Å²) < 4.78 is 0. The number of thiophene rings is 1. The van der Waals surface area contributed by atoms with Crippen molar-refractivity contribution in [3.05, 3.63) is 58.3 Å². The zero-order valence-corrected chi connectivity index (χ0v) is 15.2. The summed E-state index contributed by atoms with van der Waals surface area (Å²) in [7, 11) is 0. The van der Waals surface area contributed by atoms with Crippen LogP contribution >= 0.6 is 11.3 Å². The van der Waals surface area contributed by atoms with Crippen LogP contribution in [0.15, 0.2) is 47.8 Å². The molecule has 25 heavy (non-hydrogen) atoms. The van der Waals surface area contributed by atoms with Crippen LogP contribution in [0, 0.1) is 0 Å². The molecule has 0 aliphatic carbocycles. The minimum absolute atomic E-state index is 0.168. The largest absolute Gasteiger partial charge is 0.341 e. The third-order valence-electron chi connectivity index (χ3n) is 4.58. The van der Waals surface area contributed by atoms with Crippen molar-refractivity contribution < 1.29 is 9.59 Å². The number of carbonyl (C=O) groups is 2. The second-order valence-corrected chi connectivity index (χ2v) is 7.39. The van der Waals surface area contributed by atoms with Crippen molar-refractivity contribution >= 4 is 23.2 Å². The van der Waals surface area contributed by atoms with Crippen molar-refractivity contribution in [2.24, 2.45) is 0 Å². The molecule has 0 N–H and O–H groups in total. The van der Waals surface area contributed by atoms with Gasteiger partial charge in [0.1, 0.15) is 0 Å². The molecule has 2 aromatic rings. The molecule has 0 atom stereocenters. The average Bonchev–Trinajstić information content (AvgIpc) is 3.01. The average molecular weight is 356 g/mol. The smallest absolute Gasteiger partial charge is 0.227 e. The Kier molecular flexibility index (Phi) is 6.23. The lowest BCUT2D eigenvalue weighted by Crippen LogP contribution is -2.38. The van der Waals surface area contributed by atoms with Gasteiger partial charge in [-0.05, 0) is 29.9 Å². The molecule has 4 nitrogen and oxygen atoms in total. The van der Waals surface area contributed by atoms with E-state index in [9.17, 15) is 9.59 Å². The predicted molar refractivity (Wildman–Crippen MR) is 101 cm³/mol. The summed E-state index contributed by atoms with van der Waals surface area (Å²) in [5.41, 5.74) is 1.19. The lowest BCUT2D eigenvalue weighted by molar-refractivity contribution is -0.133. The highest BCUT2D eigenvalue weighted by atomic mass is 32.1. The van der Waals surface area contributed by atoms with Crippen LogP contribution in [-0.2, 0) is 22.4 Å². The molecule has 1 aromatic heterocycles. The third-order valence-corrected chi connectivity index (χ3v) is 5.45. The minimum atomic E-state index is 0.168. The van der Waals surface area contributed by atoms with E-state index < -0.39 is 0 Å². The van der Waals surface area contributed by atoms with Crippen molar-refractivity contribution in [2.75, 3.05) is 26.2 Å². The maximum Gasteiger partial charge on any atom is 0.227 e. The molecular formula is C20H24N2O2S. The quantitative estimate of drug-likeness (QED) is 0.826. The first-order chi connectivity index (χ1) is 12.2. The lowest BCUT2D eigenvalue weighted by atomic mass is 10.1. The van der Waals surface area contributed by atoms with Gasteiger partial charge in [0.05, 0.1) is 6.42 Å². The van der Waals surface area contributed by atoms with E-state index in [4.69, 9.17) is 0 Å². The molecule has 0 radical (unpaired) electrons. The van der Waals surface area contributed by atoms with Crippen LogP contribution in [-0.4, -0.2) is 47.8 Å². The second-order valence-electron chi connectivity index (χ2n) is 6.36. The van der Waals surface area contributed by atoms with Crippen molar-refractivity contribution in [3.63, 3.8) is 0 Å². The van der Waals surface area contributed by atoms with Gasteiger partial charge < -0.3 is 9.80 Å². The highest BCUT2D eigenvalue weighted by molar-refractivity contribution is 7.10. The fourth-order valence-electron chi connectivity index (χ4n) is 3.14. The highest BCUT2D eigenvalue weighted by Gasteiger charge is 2.22. The number of nitrogens with zero attached hydrogens (tertiary/aromatic N) is 2. The molecule has 0 spiro atoms. The molecule has 0 unspecified atom stereocenters. The van der Waals surface area contributed by atoms with Gasteiger partial charge in [0.2, 0.25) is 11.8 Å². The number of rotatable bonds is 5. The molecule has 2 heterocycles. The Labute approximate surface area is 153 Å². The predicted octanol–water partition coefficient (Wildman–Crippen LogP) is 2.98. The second kappa shape index (κ2) is 8.81. The first-order valence-electron chi connectivity index (χ1n) is 8.84. The van der Waals surface area contributed by atoms with Crippen LogP contribution in [0.3, 0.4) is 0 Å². The molecule has 2 amide bonds. The van der Waals surface area contributed by atoms with Crippen LogP contribution < -0.4 is 0 Å². The van der Waals surface area contributed by atoms with Gasteiger partial charge in [-0.15, -0.1) is 11.3 Å². The lowest BCUT2D eigenvalue weighted by Gasteiger charge is -2.22. The van der Waals surface area contributed by atoms with Gasteiger partial charge in [0.25, 0.3) is 0 Å². The van der Waals surface area contributed by atoms with Gasteiger partial charge in [0.15, 0.2) is 0 Å². The van der Waals surface area contributed by atoms with Gasteiger partial charge in [-0.25, -0.2) is 0 Å². The van der Waals surface area contributed by atoms with Crippen molar-refractivity contribution in [2.45, 2.75) is 25.7 Å². The van der Waals surface area contributed by atoms with Crippen molar-refractivity contribution in [3.8, 4) is 0 Å². The molecule has 0 saturated carbocycles. The maximum absolute atomic E-state index is 12.5. The number of amides is 2. The van der Waals surface area contributed by atoms with Crippen LogP contribution in [0.25, 0.3) is 0 Å². The number of aryl methyl sites for hydroxylation is 1. The fourth-order valence-corrected chi connectivity index (χ4v) is 3.84. The van der Waals surface area contributed by atoms with Gasteiger partial charge in [-0.2, -0.15) is 0 Å². The maximum atomic E-state index is 12.5. The normalized spacial score (nSPS) is 15.0. The van der Waals surface area contributed by atoms with Gasteiger partial charge in [0, 0.05) is 37.5 Å². The zero-order chi connectivity index (χ0) is 17.5. The first-order valence-corrected chi connectivity index (χ1v) is 9.72. The number of benzene rings is 1. The third kappa shape index (κ3) is 5.16. The van der Waals surface area contributed by atoms with E-state index >= 15 is 0 Å². The summed E-state index contributed by atoms with van der Waals surface area (Å²) in [6.45, 7) is 2.77. The minimum Gasteiger partial charge on any atom is -0.341 e. The summed E-state index contributed by atoms with van der Waals surface area (Å²) in [5, 5.41) is 2.00. The summed E-state index contributed by atoms with van der Waals surface area (Å²) in [6, 6.07) is 14.1. The molecule has 132 valence electrons. The molecule has 1 fully saturated rings. The molecule has 0 bridgehead atoms. The number of hydrogen-bond donors (Lipinski definition) is 0. The van der Waals surface area contributed by atoms with E-state index in [0.717, 1.165) is 30.8 Å². The Morgan fingerprint density at radius 2 is 1.60 bits per heavy atom. The van der Waals surface area contributed by atoms with Crippen molar-refractivity contribution in [1.29, 1.82) is 0 Å². The van der Waals surface area contributed by atoms with Gasteiger partial charge >= 0.3 is 0 Å². The van der Waals surface area contributed by atoms with E-state index in [1.807, 2.05) is 45.5 Å². The molecule has 5 heteroatoms. The first kappa shape index (κ1) is 17.7. The Bertz CT molecular complexity index is 685. The van der Waals surface area contributed by atoms with E-state index in [1.165, 1.54) is 5.56 Å². The van der Waals surface area contributed by atoms with E-state index in [1.54, 1.807) is 11.3 Å². The van der Waals surface area contributed by atoms with Crippen LogP contribution in [0.2, 0.25) is 0 Å². The Balaban J connectivity index is 1.47. The SMILES string of the molecule is O=C(CCc1ccccc1)N1CCCN(C(=O)Cc2cccs2)CC1. The van der Waals surface area contributed by atoms with Crippen LogP contribution in [0.5, 0.6) is 0 Å².